The topological polar surface area (TPSA) is 134 Å². The van der Waals surface area contributed by atoms with Gasteiger partial charge in [0.1, 0.15) is 0 Å². The zero-order chi connectivity index (χ0) is 25.1. The molecule has 9 nitrogen and oxygen atoms in total. The molecule has 0 unspecified atom stereocenters. The van der Waals surface area contributed by atoms with E-state index in [1.54, 1.807) is 48.5 Å². The van der Waals surface area contributed by atoms with Gasteiger partial charge in [-0.05, 0) is 42.5 Å². The Hall–Kier alpha value is -4.70. The van der Waals surface area contributed by atoms with Crippen LogP contribution in [0, 0.1) is 5.41 Å². The Bertz CT molecular complexity index is 1740. The van der Waals surface area contributed by atoms with Crippen LogP contribution in [-0.2, 0) is 9.84 Å². The number of aliphatic imine (C=N–C) groups is 1. The van der Waals surface area contributed by atoms with Crippen LogP contribution in [0.4, 0.5) is 5.69 Å². The molecule has 0 spiro atoms. The van der Waals surface area contributed by atoms with Crippen molar-refractivity contribution in [2.45, 2.75) is 16.5 Å². The Morgan fingerprint density at radius 3 is 2.56 bits per heavy atom. The third-order valence-electron chi connectivity index (χ3n) is 5.41. The fraction of sp³-hybridized carbons (Fsp3) is 0.0385. The molecule has 0 aliphatic heterocycles. The van der Waals surface area contributed by atoms with Crippen LogP contribution in [-0.4, -0.2) is 40.1 Å². The third kappa shape index (κ3) is 4.49. The van der Waals surface area contributed by atoms with Gasteiger partial charge in [-0.1, -0.05) is 36.4 Å². The maximum Gasteiger partial charge on any atom is 0.239 e. The van der Waals surface area contributed by atoms with Gasteiger partial charge in [0.15, 0.2) is 5.69 Å². The number of benzene rings is 3. The molecule has 2 heterocycles. The number of para-hydroxylation sites is 3. The van der Waals surface area contributed by atoms with E-state index >= 15 is 0 Å². The van der Waals surface area contributed by atoms with Crippen LogP contribution >= 0.6 is 0 Å². The van der Waals surface area contributed by atoms with Gasteiger partial charge in [0.05, 0.1) is 33.0 Å². The number of imidazole rings is 1. The summed E-state index contributed by atoms with van der Waals surface area (Å²) in [4.78, 5) is 24.3. The largest absolute Gasteiger partial charge is 0.328 e. The minimum atomic E-state index is -3.94. The molecule has 0 saturated heterocycles. The highest BCUT2D eigenvalue weighted by Gasteiger charge is 2.22. The van der Waals surface area contributed by atoms with Gasteiger partial charge in [0.25, 0.3) is 0 Å². The molecular formula is C26H20N6O3S. The molecule has 0 radical (unpaired) electrons. The van der Waals surface area contributed by atoms with E-state index in [9.17, 15) is 13.2 Å². The highest BCUT2D eigenvalue weighted by atomic mass is 32.2. The lowest BCUT2D eigenvalue weighted by atomic mass is 10.2. The molecule has 5 aromatic rings. The molecule has 0 fully saturated rings. The second-order valence-corrected chi connectivity index (χ2v) is 9.70. The number of nitrogens with one attached hydrogen (secondary N) is 2. The normalized spacial score (nSPS) is 12.1. The summed E-state index contributed by atoms with van der Waals surface area (Å²) in [6.07, 6.45) is 2.73. The number of aromatic amines is 1. The van der Waals surface area contributed by atoms with Crippen molar-refractivity contribution in [2.75, 3.05) is 0 Å². The summed E-state index contributed by atoms with van der Waals surface area (Å²) in [5.41, 5.74) is 2.30. The molecule has 0 amide bonds. The first-order valence-electron chi connectivity index (χ1n) is 11.0. The molecule has 10 heteroatoms. The van der Waals surface area contributed by atoms with E-state index in [4.69, 9.17) is 5.41 Å². The number of hydrogen-bond acceptors (Lipinski definition) is 7. The second-order valence-electron chi connectivity index (χ2n) is 7.84. The number of hydrogen-bond donors (Lipinski definition) is 2. The lowest BCUT2D eigenvalue weighted by Crippen LogP contribution is -2.21. The summed E-state index contributed by atoms with van der Waals surface area (Å²) in [6.45, 7) is 0. The van der Waals surface area contributed by atoms with Crippen molar-refractivity contribution in [1.82, 2.24) is 19.7 Å². The molecule has 0 saturated carbocycles. The first-order valence-corrected chi connectivity index (χ1v) is 12.5. The Kier molecular flexibility index (Phi) is 6.09. The summed E-state index contributed by atoms with van der Waals surface area (Å²) in [7, 11) is -3.94. The first kappa shape index (κ1) is 23.1. The van der Waals surface area contributed by atoms with E-state index in [0.29, 0.717) is 28.1 Å². The fourth-order valence-electron chi connectivity index (χ4n) is 3.66. The smallest absolute Gasteiger partial charge is 0.239 e. The standard InChI is InChI=1S/C26H20N6O3S/c27-15-13-23(28-18-7-2-1-3-8-18)25-24(33)14-16-32(31-25)19-9-6-10-20(17-19)36(34,35)26-29-21-11-4-5-12-22(21)30-26/h1-12,14-17,27H,13H2,(H,29,30). The molecule has 3 aromatic carbocycles. The van der Waals surface area contributed by atoms with E-state index < -0.39 is 9.84 Å². The average molecular weight is 497 g/mol. The molecule has 0 aliphatic carbocycles. The molecule has 0 bridgehead atoms. The van der Waals surface area contributed by atoms with Crippen molar-refractivity contribution in [3.63, 3.8) is 0 Å². The highest BCUT2D eigenvalue weighted by Crippen LogP contribution is 2.23. The Balaban J connectivity index is 1.56. The van der Waals surface area contributed by atoms with Gasteiger partial charge in [-0.3, -0.25) is 9.79 Å². The van der Waals surface area contributed by atoms with Crippen molar-refractivity contribution in [2.24, 2.45) is 4.99 Å². The van der Waals surface area contributed by atoms with E-state index in [0.717, 1.165) is 6.21 Å². The predicted molar refractivity (Wildman–Crippen MR) is 137 cm³/mol. The zero-order valence-electron chi connectivity index (χ0n) is 18.9. The zero-order valence-corrected chi connectivity index (χ0v) is 19.7. The summed E-state index contributed by atoms with van der Waals surface area (Å²) < 4.78 is 28.0. The molecule has 0 aliphatic rings. The Morgan fingerprint density at radius 1 is 1.00 bits per heavy atom. The molecule has 2 aromatic heterocycles. The van der Waals surface area contributed by atoms with Crippen molar-refractivity contribution < 1.29 is 8.42 Å². The molecule has 36 heavy (non-hydrogen) atoms. The van der Waals surface area contributed by atoms with Crippen molar-refractivity contribution in [1.29, 1.82) is 5.41 Å². The number of H-pyrrole nitrogens is 1. The van der Waals surface area contributed by atoms with Crippen LogP contribution in [0.2, 0.25) is 0 Å². The number of aromatic nitrogens is 4. The highest BCUT2D eigenvalue weighted by molar-refractivity contribution is 7.91. The second kappa shape index (κ2) is 9.51. The number of fused-ring (bicyclic) bond motifs is 1. The quantitative estimate of drug-likeness (QED) is 0.327. The maximum absolute atomic E-state index is 13.3. The van der Waals surface area contributed by atoms with Gasteiger partial charge >= 0.3 is 0 Å². The van der Waals surface area contributed by atoms with Gasteiger partial charge < -0.3 is 10.4 Å². The van der Waals surface area contributed by atoms with Gasteiger partial charge in [0, 0.05) is 24.9 Å². The maximum atomic E-state index is 13.3. The van der Waals surface area contributed by atoms with Crippen molar-refractivity contribution in [3.8, 4) is 5.69 Å². The van der Waals surface area contributed by atoms with Crippen LogP contribution < -0.4 is 5.43 Å². The lowest BCUT2D eigenvalue weighted by Gasteiger charge is -2.10. The molecule has 0 atom stereocenters. The number of sulfone groups is 1. The van der Waals surface area contributed by atoms with Gasteiger partial charge in [-0.15, -0.1) is 0 Å². The van der Waals surface area contributed by atoms with E-state index in [2.05, 4.69) is 20.1 Å². The van der Waals surface area contributed by atoms with E-state index in [-0.39, 0.29) is 27.6 Å². The van der Waals surface area contributed by atoms with E-state index in [1.165, 1.54) is 29.1 Å². The molecule has 2 N–H and O–H groups in total. The Morgan fingerprint density at radius 2 is 1.78 bits per heavy atom. The number of nitrogens with zero attached hydrogens (tertiary/aromatic N) is 4. The van der Waals surface area contributed by atoms with Crippen LogP contribution in [0.3, 0.4) is 0 Å². The van der Waals surface area contributed by atoms with E-state index in [1.807, 2.05) is 18.2 Å². The summed E-state index contributed by atoms with van der Waals surface area (Å²) in [5, 5.41) is 11.8. The van der Waals surface area contributed by atoms with Gasteiger partial charge in [-0.2, -0.15) is 5.10 Å². The summed E-state index contributed by atoms with van der Waals surface area (Å²) in [6, 6.07) is 23.7. The first-order chi connectivity index (χ1) is 17.5. The fourth-order valence-corrected chi connectivity index (χ4v) is 4.88. The van der Waals surface area contributed by atoms with Crippen LogP contribution in [0.25, 0.3) is 16.7 Å². The Labute approximate surface area is 206 Å². The summed E-state index contributed by atoms with van der Waals surface area (Å²) >= 11 is 0. The molecular weight excluding hydrogens is 476 g/mol. The average Bonchev–Trinajstić information content (AvgIpc) is 3.35. The van der Waals surface area contributed by atoms with Crippen LogP contribution in [0.1, 0.15) is 12.1 Å². The van der Waals surface area contributed by atoms with Crippen molar-refractivity contribution in [3.05, 3.63) is 107 Å². The van der Waals surface area contributed by atoms with Gasteiger partial charge in [-0.25, -0.2) is 18.1 Å². The predicted octanol–water partition coefficient (Wildman–Crippen LogP) is 4.10. The molecule has 5 rings (SSSR count). The molecule has 178 valence electrons. The third-order valence-corrected chi connectivity index (χ3v) is 6.99. The van der Waals surface area contributed by atoms with Crippen molar-refractivity contribution >= 4 is 38.5 Å². The van der Waals surface area contributed by atoms with Crippen LogP contribution in [0.15, 0.2) is 111 Å². The minimum absolute atomic E-state index is 0.0266. The monoisotopic (exact) mass is 496 g/mol. The van der Waals surface area contributed by atoms with Gasteiger partial charge in [0.2, 0.25) is 20.4 Å². The lowest BCUT2D eigenvalue weighted by molar-refractivity contribution is 0.589. The summed E-state index contributed by atoms with van der Waals surface area (Å²) in [5.74, 6) is 0. The van der Waals surface area contributed by atoms with Crippen LogP contribution in [0.5, 0.6) is 0 Å². The SMILES string of the molecule is N=CCC(=Nc1ccccc1)c1nn(-c2cccc(S(=O)(=O)c3nc4ccccc4[nH]3)c2)ccc1=O. The number of rotatable bonds is 7. The minimum Gasteiger partial charge on any atom is -0.328 e.